The second kappa shape index (κ2) is 10.5. The van der Waals surface area contributed by atoms with Crippen molar-refractivity contribution in [2.24, 2.45) is 0 Å². The minimum Gasteiger partial charge on any atom is -0.325 e. The minimum absolute atomic E-state index is 0.161. The predicted octanol–water partition coefficient (Wildman–Crippen LogP) is 5.08. The first kappa shape index (κ1) is 22.8. The number of piperidine rings is 1. The highest BCUT2D eigenvalue weighted by molar-refractivity contribution is 7.99. The molecule has 1 amide bonds. The summed E-state index contributed by atoms with van der Waals surface area (Å²) in [5.74, 6) is 0.484. The van der Waals surface area contributed by atoms with Gasteiger partial charge in [-0.15, -0.1) is 10.2 Å². The number of carbonyl (C=O) groups excluding carboxylic acids is 1. The van der Waals surface area contributed by atoms with E-state index in [9.17, 15) is 9.18 Å². The number of benzene rings is 2. The first-order valence-corrected chi connectivity index (χ1v) is 12.0. The lowest BCUT2D eigenvalue weighted by atomic mass is 10.1. The Bertz CT molecular complexity index is 1080. The highest BCUT2D eigenvalue weighted by Crippen LogP contribution is 2.26. The van der Waals surface area contributed by atoms with Gasteiger partial charge in [-0.05, 0) is 74.8 Å². The summed E-state index contributed by atoms with van der Waals surface area (Å²) in [7, 11) is 0. The number of rotatable bonds is 7. The Balaban J connectivity index is 1.51. The smallest absolute Gasteiger partial charge is 0.234 e. The summed E-state index contributed by atoms with van der Waals surface area (Å²) in [5, 5.41) is 12.9. The molecule has 0 radical (unpaired) electrons. The van der Waals surface area contributed by atoms with Gasteiger partial charge in [0.1, 0.15) is 5.82 Å². The fourth-order valence-corrected chi connectivity index (χ4v) is 4.67. The van der Waals surface area contributed by atoms with Gasteiger partial charge < -0.3 is 5.32 Å². The van der Waals surface area contributed by atoms with Crippen molar-refractivity contribution in [3.63, 3.8) is 0 Å². The van der Waals surface area contributed by atoms with Gasteiger partial charge >= 0.3 is 0 Å². The van der Waals surface area contributed by atoms with Crippen molar-refractivity contribution in [2.45, 2.75) is 37.9 Å². The van der Waals surface area contributed by atoms with Crippen molar-refractivity contribution in [3.05, 3.63) is 64.7 Å². The number of hydrogen-bond donors (Lipinski definition) is 1. The third kappa shape index (κ3) is 5.49. The van der Waals surface area contributed by atoms with Gasteiger partial charge in [-0.25, -0.2) is 4.39 Å². The lowest BCUT2D eigenvalue weighted by Gasteiger charge is -2.26. The lowest BCUT2D eigenvalue weighted by molar-refractivity contribution is -0.113. The van der Waals surface area contributed by atoms with E-state index in [0.29, 0.717) is 22.4 Å². The summed E-state index contributed by atoms with van der Waals surface area (Å²) < 4.78 is 15.4. The van der Waals surface area contributed by atoms with Crippen LogP contribution in [0.2, 0.25) is 5.02 Å². The van der Waals surface area contributed by atoms with E-state index in [1.165, 1.54) is 43.2 Å². The topological polar surface area (TPSA) is 63.1 Å². The van der Waals surface area contributed by atoms with Crippen molar-refractivity contribution >= 4 is 35.0 Å². The predicted molar refractivity (Wildman–Crippen MR) is 126 cm³/mol. The Morgan fingerprint density at radius 3 is 2.62 bits per heavy atom. The molecule has 4 rings (SSSR count). The molecule has 6 nitrogen and oxygen atoms in total. The molecule has 0 saturated carbocycles. The van der Waals surface area contributed by atoms with Gasteiger partial charge in [0.25, 0.3) is 0 Å². The Morgan fingerprint density at radius 1 is 1.12 bits per heavy atom. The van der Waals surface area contributed by atoms with Crippen LogP contribution in [0, 0.1) is 12.7 Å². The maximum absolute atomic E-state index is 13.5. The number of aromatic nitrogens is 3. The molecule has 2 heterocycles. The van der Waals surface area contributed by atoms with Gasteiger partial charge in [-0.3, -0.25) is 14.3 Å². The number of amides is 1. The second-order valence-electron chi connectivity index (χ2n) is 7.80. The van der Waals surface area contributed by atoms with Crippen LogP contribution in [-0.2, 0) is 11.3 Å². The zero-order chi connectivity index (χ0) is 22.5. The van der Waals surface area contributed by atoms with Crippen LogP contribution in [0.25, 0.3) is 5.69 Å². The van der Waals surface area contributed by atoms with Gasteiger partial charge in [0, 0.05) is 16.4 Å². The molecule has 1 aromatic heterocycles. The van der Waals surface area contributed by atoms with Gasteiger partial charge in [0.2, 0.25) is 5.91 Å². The molecular formula is C23H25ClFN5OS. The van der Waals surface area contributed by atoms with Crippen molar-refractivity contribution in [3.8, 4) is 5.69 Å². The molecular weight excluding hydrogens is 449 g/mol. The van der Waals surface area contributed by atoms with Crippen LogP contribution in [0.4, 0.5) is 10.1 Å². The second-order valence-corrected chi connectivity index (χ2v) is 9.15. The van der Waals surface area contributed by atoms with Gasteiger partial charge in [0.05, 0.1) is 12.3 Å². The van der Waals surface area contributed by atoms with E-state index in [-0.39, 0.29) is 17.5 Å². The van der Waals surface area contributed by atoms with Crippen LogP contribution in [0.1, 0.15) is 30.7 Å². The first-order valence-electron chi connectivity index (χ1n) is 10.6. The van der Waals surface area contributed by atoms with Crippen molar-refractivity contribution in [2.75, 3.05) is 24.2 Å². The molecule has 1 aliphatic rings. The number of nitrogens with one attached hydrogen (secondary N) is 1. The van der Waals surface area contributed by atoms with Crippen LogP contribution in [-0.4, -0.2) is 44.4 Å². The molecule has 0 atom stereocenters. The third-order valence-corrected chi connectivity index (χ3v) is 6.81. The molecule has 168 valence electrons. The molecule has 2 aromatic carbocycles. The van der Waals surface area contributed by atoms with E-state index >= 15 is 0 Å². The lowest BCUT2D eigenvalue weighted by Crippen LogP contribution is -2.30. The van der Waals surface area contributed by atoms with Gasteiger partial charge in [-0.1, -0.05) is 35.9 Å². The molecule has 32 heavy (non-hydrogen) atoms. The quantitative estimate of drug-likeness (QED) is 0.484. The van der Waals surface area contributed by atoms with Crippen molar-refractivity contribution in [1.29, 1.82) is 0 Å². The maximum Gasteiger partial charge on any atom is 0.234 e. The van der Waals surface area contributed by atoms with Gasteiger partial charge in [0.15, 0.2) is 11.0 Å². The van der Waals surface area contributed by atoms with Crippen molar-refractivity contribution in [1.82, 2.24) is 19.7 Å². The van der Waals surface area contributed by atoms with E-state index in [2.05, 4.69) is 20.4 Å². The Kier molecular flexibility index (Phi) is 7.44. The summed E-state index contributed by atoms with van der Waals surface area (Å²) in [6, 6.07) is 11.7. The summed E-state index contributed by atoms with van der Waals surface area (Å²) in [6.07, 6.45) is 3.61. The van der Waals surface area contributed by atoms with E-state index in [0.717, 1.165) is 30.2 Å². The van der Waals surface area contributed by atoms with Crippen molar-refractivity contribution < 1.29 is 9.18 Å². The van der Waals surface area contributed by atoms with Crippen LogP contribution in [0.15, 0.2) is 47.6 Å². The summed E-state index contributed by atoms with van der Waals surface area (Å²) in [5.41, 5.74) is 2.29. The van der Waals surface area contributed by atoms with E-state index in [4.69, 9.17) is 11.6 Å². The molecule has 0 unspecified atom stereocenters. The van der Waals surface area contributed by atoms with E-state index < -0.39 is 0 Å². The first-order chi connectivity index (χ1) is 15.5. The zero-order valence-corrected chi connectivity index (χ0v) is 19.4. The molecule has 0 spiro atoms. The number of likely N-dealkylation sites (tertiary alicyclic amines) is 1. The summed E-state index contributed by atoms with van der Waals surface area (Å²) >= 11 is 7.44. The summed E-state index contributed by atoms with van der Waals surface area (Å²) in [4.78, 5) is 14.9. The van der Waals surface area contributed by atoms with E-state index in [1.54, 1.807) is 24.3 Å². The van der Waals surface area contributed by atoms with Gasteiger partial charge in [-0.2, -0.15) is 0 Å². The highest BCUT2D eigenvalue weighted by atomic mass is 35.5. The molecule has 3 aromatic rings. The fourth-order valence-electron chi connectivity index (χ4n) is 3.72. The molecule has 0 bridgehead atoms. The highest BCUT2D eigenvalue weighted by Gasteiger charge is 2.20. The van der Waals surface area contributed by atoms with Crippen LogP contribution in [0.3, 0.4) is 0 Å². The molecule has 1 aliphatic heterocycles. The number of carbonyl (C=O) groups is 1. The van der Waals surface area contributed by atoms with E-state index in [1.807, 2.05) is 17.6 Å². The Labute approximate surface area is 196 Å². The zero-order valence-electron chi connectivity index (χ0n) is 17.9. The van der Waals surface area contributed by atoms with Crippen LogP contribution < -0.4 is 5.32 Å². The Morgan fingerprint density at radius 2 is 1.88 bits per heavy atom. The maximum atomic E-state index is 13.5. The van der Waals surface area contributed by atoms with Crippen LogP contribution in [0.5, 0.6) is 0 Å². The molecule has 1 saturated heterocycles. The number of halogens is 2. The molecule has 0 aliphatic carbocycles. The molecule has 1 N–H and O–H groups in total. The summed E-state index contributed by atoms with van der Waals surface area (Å²) in [6.45, 7) is 4.59. The third-order valence-electron chi connectivity index (χ3n) is 5.47. The number of nitrogens with zero attached hydrogens (tertiary/aromatic N) is 4. The molecule has 9 heteroatoms. The Hall–Kier alpha value is -2.42. The number of hydrogen-bond acceptors (Lipinski definition) is 5. The average molecular weight is 474 g/mol. The van der Waals surface area contributed by atoms with Crippen LogP contribution >= 0.6 is 23.4 Å². The minimum atomic E-state index is -0.301. The SMILES string of the molecule is Cc1c(Cl)cccc1NC(=O)CSc1nnc(CN2CCCCC2)n1-c1ccc(F)cc1. The standard InChI is InChI=1S/C23H25ClFN5OS/c1-16-19(24)6-5-7-20(16)26-22(31)15-32-23-28-27-21(14-29-12-3-2-4-13-29)30(23)18-10-8-17(25)9-11-18/h5-11H,2-4,12-15H2,1H3,(H,26,31). The number of thioether (sulfide) groups is 1. The number of anilines is 1. The average Bonchev–Trinajstić information content (AvgIpc) is 3.19. The normalized spacial score (nSPS) is 14.5. The molecule has 1 fully saturated rings. The fraction of sp³-hybridized carbons (Fsp3) is 0.348. The monoisotopic (exact) mass is 473 g/mol. The largest absolute Gasteiger partial charge is 0.325 e.